The van der Waals surface area contributed by atoms with Crippen LogP contribution in [0.1, 0.15) is 48.9 Å². The number of carbonyl (C=O) groups excluding carboxylic acids is 1. The lowest BCUT2D eigenvalue weighted by atomic mass is 9.68. The molecular formula is C25H28ClN3O2. The molecule has 162 valence electrons. The van der Waals surface area contributed by atoms with Crippen molar-refractivity contribution in [3.05, 3.63) is 56.9 Å². The lowest BCUT2D eigenvalue weighted by Gasteiger charge is -2.54. The zero-order valence-corrected chi connectivity index (χ0v) is 18.4. The van der Waals surface area contributed by atoms with Crippen LogP contribution in [0.5, 0.6) is 0 Å². The Morgan fingerprint density at radius 2 is 2.06 bits per heavy atom. The number of nitrogens with zero attached hydrogens (tertiary/aromatic N) is 2. The Labute approximate surface area is 187 Å². The summed E-state index contributed by atoms with van der Waals surface area (Å²) < 4.78 is 0. The van der Waals surface area contributed by atoms with Crippen molar-refractivity contribution >= 4 is 28.4 Å². The number of hydrogen-bond donors (Lipinski definition) is 1. The summed E-state index contributed by atoms with van der Waals surface area (Å²) in [6.07, 6.45) is 11.2. The molecule has 6 rings (SSSR count). The zero-order chi connectivity index (χ0) is 21.1. The Kier molecular flexibility index (Phi) is 4.73. The fourth-order valence-electron chi connectivity index (χ4n) is 6.73. The van der Waals surface area contributed by atoms with Gasteiger partial charge in [0.15, 0.2) is 0 Å². The van der Waals surface area contributed by atoms with Gasteiger partial charge in [0.25, 0.3) is 5.91 Å². The Hall–Kier alpha value is -2.11. The van der Waals surface area contributed by atoms with E-state index in [-0.39, 0.29) is 22.9 Å². The van der Waals surface area contributed by atoms with Crippen LogP contribution in [-0.4, -0.2) is 52.4 Å². The molecule has 5 nitrogen and oxygen atoms in total. The van der Waals surface area contributed by atoms with Crippen LogP contribution in [0, 0.1) is 11.8 Å². The first-order chi connectivity index (χ1) is 15.1. The fourth-order valence-corrected chi connectivity index (χ4v) is 6.96. The summed E-state index contributed by atoms with van der Waals surface area (Å²) in [4.78, 5) is 34.6. The lowest BCUT2D eigenvalue weighted by Crippen LogP contribution is -2.60. The number of H-pyrrole nitrogens is 1. The van der Waals surface area contributed by atoms with Crippen LogP contribution in [0.15, 0.2) is 40.8 Å². The average molecular weight is 438 g/mol. The number of halogens is 1. The van der Waals surface area contributed by atoms with Crippen LogP contribution < -0.4 is 5.43 Å². The monoisotopic (exact) mass is 437 g/mol. The summed E-state index contributed by atoms with van der Waals surface area (Å²) in [5.74, 6) is 0.960. The smallest absolute Gasteiger partial charge is 0.259 e. The quantitative estimate of drug-likeness (QED) is 0.679. The number of likely N-dealkylation sites (tertiary alicyclic amines) is 1. The van der Waals surface area contributed by atoms with Crippen molar-refractivity contribution in [3.8, 4) is 0 Å². The number of aromatic amines is 1. The molecule has 0 unspecified atom stereocenters. The van der Waals surface area contributed by atoms with Gasteiger partial charge in [-0.15, -0.1) is 0 Å². The highest BCUT2D eigenvalue weighted by Crippen LogP contribution is 2.45. The molecule has 0 saturated carbocycles. The molecule has 1 aliphatic carbocycles. The number of piperidine rings is 3. The van der Waals surface area contributed by atoms with E-state index in [0.717, 1.165) is 25.9 Å². The molecule has 3 aliphatic heterocycles. The van der Waals surface area contributed by atoms with Gasteiger partial charge in [0.2, 0.25) is 5.43 Å². The Bertz CT molecular complexity index is 1140. The number of benzene rings is 1. The van der Waals surface area contributed by atoms with Gasteiger partial charge in [0.05, 0.1) is 16.6 Å². The Balaban J connectivity index is 1.37. The Morgan fingerprint density at radius 3 is 2.97 bits per heavy atom. The minimum atomic E-state index is -0.231. The number of amides is 1. The SMILES string of the molecule is O=C(c1c[nH]c2c(Cl)cccc2c1=O)N1CCCC2=C[C@H]3C[C@@H](CN4CCCC[C@@H]34)[C@H]21. The summed E-state index contributed by atoms with van der Waals surface area (Å²) in [6, 6.07) is 6.07. The van der Waals surface area contributed by atoms with E-state index in [1.54, 1.807) is 24.4 Å². The highest BCUT2D eigenvalue weighted by molar-refractivity contribution is 6.35. The van der Waals surface area contributed by atoms with Gasteiger partial charge in [-0.2, -0.15) is 0 Å². The molecule has 6 heteroatoms. The molecule has 31 heavy (non-hydrogen) atoms. The van der Waals surface area contributed by atoms with E-state index in [4.69, 9.17) is 11.6 Å². The van der Waals surface area contributed by atoms with Gasteiger partial charge >= 0.3 is 0 Å². The normalized spacial score (nSPS) is 30.5. The highest BCUT2D eigenvalue weighted by Gasteiger charge is 2.47. The third kappa shape index (κ3) is 3.08. The molecule has 1 N–H and O–H groups in total. The van der Waals surface area contributed by atoms with Gasteiger partial charge in [0.1, 0.15) is 5.56 Å². The lowest BCUT2D eigenvalue weighted by molar-refractivity contribution is 0.00143. The molecule has 2 aromatic rings. The average Bonchev–Trinajstić information content (AvgIpc) is 2.79. The van der Waals surface area contributed by atoms with E-state index in [9.17, 15) is 9.59 Å². The van der Waals surface area contributed by atoms with E-state index in [2.05, 4.69) is 16.0 Å². The van der Waals surface area contributed by atoms with Crippen molar-refractivity contribution in [3.63, 3.8) is 0 Å². The van der Waals surface area contributed by atoms with Crippen molar-refractivity contribution in [1.82, 2.24) is 14.8 Å². The summed E-state index contributed by atoms with van der Waals surface area (Å²) in [5, 5.41) is 0.970. The van der Waals surface area contributed by atoms with Crippen LogP contribution in [-0.2, 0) is 0 Å². The standard InChI is InChI=1S/C25H28ClN3O2/c26-20-7-3-6-18-22(20)27-13-19(24(18)30)25(31)29-10-4-5-15-11-16-12-17(23(15)29)14-28-9-2-1-8-21(16)28/h3,6-7,11,13,16-17,21,23H,1-2,4-5,8-10,12,14H2,(H,27,30)/t16-,17-,21-,23-/m0/s1. The number of pyridine rings is 1. The first-order valence-electron chi connectivity index (χ1n) is 11.7. The molecule has 1 aromatic heterocycles. The fraction of sp³-hybridized carbons (Fsp3) is 0.520. The zero-order valence-electron chi connectivity index (χ0n) is 17.6. The number of hydrogen-bond acceptors (Lipinski definition) is 3. The van der Waals surface area contributed by atoms with Gasteiger partial charge in [-0.3, -0.25) is 14.5 Å². The van der Waals surface area contributed by atoms with Crippen molar-refractivity contribution in [2.45, 2.75) is 50.6 Å². The summed E-state index contributed by atoms with van der Waals surface area (Å²) in [6.45, 7) is 2.99. The number of fused-ring (bicyclic) bond motifs is 7. The third-order valence-corrected chi connectivity index (χ3v) is 8.33. The number of carbonyl (C=O) groups is 1. The molecule has 0 radical (unpaired) electrons. The summed E-state index contributed by atoms with van der Waals surface area (Å²) in [5.41, 5.74) is 2.02. The molecule has 1 aromatic carbocycles. The van der Waals surface area contributed by atoms with E-state index < -0.39 is 0 Å². The maximum absolute atomic E-state index is 13.7. The van der Waals surface area contributed by atoms with E-state index in [1.807, 2.05) is 4.90 Å². The number of para-hydroxylation sites is 1. The molecule has 3 saturated heterocycles. The van der Waals surface area contributed by atoms with Gasteiger partial charge in [-0.1, -0.05) is 35.7 Å². The minimum Gasteiger partial charge on any atom is -0.359 e. The van der Waals surface area contributed by atoms with Crippen molar-refractivity contribution in [2.24, 2.45) is 11.8 Å². The van der Waals surface area contributed by atoms with Crippen LogP contribution in [0.2, 0.25) is 5.02 Å². The van der Waals surface area contributed by atoms with Crippen molar-refractivity contribution in [2.75, 3.05) is 19.6 Å². The second-order valence-electron chi connectivity index (χ2n) is 9.70. The highest BCUT2D eigenvalue weighted by atomic mass is 35.5. The molecule has 0 spiro atoms. The van der Waals surface area contributed by atoms with E-state index in [0.29, 0.717) is 33.8 Å². The molecule has 4 heterocycles. The van der Waals surface area contributed by atoms with Crippen molar-refractivity contribution < 1.29 is 4.79 Å². The van der Waals surface area contributed by atoms with Crippen molar-refractivity contribution in [1.29, 1.82) is 0 Å². The first-order valence-corrected chi connectivity index (χ1v) is 12.0. The molecule has 1 amide bonds. The molecule has 3 fully saturated rings. The third-order valence-electron chi connectivity index (χ3n) is 8.01. The van der Waals surface area contributed by atoms with Crippen LogP contribution >= 0.6 is 11.6 Å². The predicted molar refractivity (Wildman–Crippen MR) is 123 cm³/mol. The first kappa shape index (κ1) is 19.6. The van der Waals surface area contributed by atoms with E-state index in [1.165, 1.54) is 37.8 Å². The maximum Gasteiger partial charge on any atom is 0.259 e. The molecule has 4 aliphatic rings. The summed E-state index contributed by atoms with van der Waals surface area (Å²) in [7, 11) is 0. The number of aromatic nitrogens is 1. The van der Waals surface area contributed by atoms with E-state index >= 15 is 0 Å². The molecule has 2 bridgehead atoms. The molecule has 4 atom stereocenters. The molecular weight excluding hydrogens is 410 g/mol. The van der Waals surface area contributed by atoms with Crippen LogP contribution in [0.3, 0.4) is 0 Å². The topological polar surface area (TPSA) is 56.4 Å². The van der Waals surface area contributed by atoms with Gasteiger partial charge in [-0.25, -0.2) is 0 Å². The van der Waals surface area contributed by atoms with Crippen LogP contribution in [0.4, 0.5) is 0 Å². The summed E-state index contributed by atoms with van der Waals surface area (Å²) >= 11 is 6.24. The Morgan fingerprint density at radius 1 is 1.16 bits per heavy atom. The minimum absolute atomic E-state index is 0.134. The number of rotatable bonds is 1. The second-order valence-corrected chi connectivity index (χ2v) is 10.1. The second kappa shape index (κ2) is 7.49. The van der Waals surface area contributed by atoms with Gasteiger partial charge in [0, 0.05) is 30.7 Å². The number of nitrogens with one attached hydrogen (secondary N) is 1. The van der Waals surface area contributed by atoms with Crippen LogP contribution in [0.25, 0.3) is 10.9 Å². The van der Waals surface area contributed by atoms with Gasteiger partial charge < -0.3 is 9.88 Å². The largest absolute Gasteiger partial charge is 0.359 e. The maximum atomic E-state index is 13.7. The van der Waals surface area contributed by atoms with Gasteiger partial charge in [-0.05, 0) is 62.6 Å². The predicted octanol–water partition coefficient (Wildman–Crippen LogP) is 4.22.